The van der Waals surface area contributed by atoms with Crippen molar-refractivity contribution in [3.63, 3.8) is 0 Å². The maximum Gasteiger partial charge on any atom is 0.252 e. The van der Waals surface area contributed by atoms with Gasteiger partial charge in [0.05, 0.1) is 12.3 Å². The molecule has 0 saturated heterocycles. The molecule has 0 saturated carbocycles. The highest BCUT2D eigenvalue weighted by Crippen LogP contribution is 2.21. The molecule has 0 aliphatic carbocycles. The first-order chi connectivity index (χ1) is 9.56. The average Bonchev–Trinajstić information content (AvgIpc) is 2.70. The van der Waals surface area contributed by atoms with Gasteiger partial charge in [-0.25, -0.2) is 4.98 Å². The summed E-state index contributed by atoms with van der Waals surface area (Å²) in [5.74, 6) is -0.217. The molecule has 2 aromatic rings. The number of thiazole rings is 1. The van der Waals surface area contributed by atoms with Crippen LogP contribution in [0.1, 0.15) is 16.1 Å². The lowest BCUT2D eigenvalue weighted by atomic mass is 10.2. The van der Waals surface area contributed by atoms with Crippen molar-refractivity contribution in [2.24, 2.45) is 0 Å². The summed E-state index contributed by atoms with van der Waals surface area (Å²) in [7, 11) is 0. The maximum atomic E-state index is 11.7. The van der Waals surface area contributed by atoms with Crippen LogP contribution < -0.4 is 5.32 Å². The van der Waals surface area contributed by atoms with Crippen LogP contribution in [0, 0.1) is 13.8 Å². The van der Waals surface area contributed by atoms with E-state index >= 15 is 0 Å². The molecule has 0 atom stereocenters. The largest absolute Gasteiger partial charge is 0.367 e. The Morgan fingerprint density at radius 3 is 2.80 bits per heavy atom. The predicted molar refractivity (Wildman–Crippen MR) is 81.3 cm³/mol. The normalized spacial score (nSPS) is 10.6. The average molecular weight is 311 g/mol. The highest BCUT2D eigenvalue weighted by molar-refractivity contribution is 7.15. The van der Waals surface area contributed by atoms with E-state index in [0.29, 0.717) is 16.8 Å². The van der Waals surface area contributed by atoms with Gasteiger partial charge >= 0.3 is 0 Å². The fourth-order valence-electron chi connectivity index (χ4n) is 1.55. The zero-order valence-electron chi connectivity index (χ0n) is 11.3. The molecule has 1 aromatic carbocycles. The van der Waals surface area contributed by atoms with Crippen molar-refractivity contribution in [3.8, 4) is 0 Å². The van der Waals surface area contributed by atoms with Crippen LogP contribution in [0.25, 0.3) is 0 Å². The number of anilines is 1. The van der Waals surface area contributed by atoms with Gasteiger partial charge in [0.25, 0.3) is 5.91 Å². The predicted octanol–water partition coefficient (Wildman–Crippen LogP) is 3.57. The fraction of sp³-hybridized carbons (Fsp3) is 0.286. The van der Waals surface area contributed by atoms with E-state index in [9.17, 15) is 4.79 Å². The quantitative estimate of drug-likeness (QED) is 0.918. The molecule has 0 radical (unpaired) electrons. The second-order valence-electron chi connectivity index (χ2n) is 4.29. The Kier molecular flexibility index (Phi) is 5.11. The molecule has 20 heavy (non-hydrogen) atoms. The first kappa shape index (κ1) is 15.0. The van der Waals surface area contributed by atoms with Crippen LogP contribution in [0.4, 0.5) is 5.13 Å². The number of hydrogen-bond acceptors (Lipinski definition) is 4. The van der Waals surface area contributed by atoms with E-state index in [1.807, 2.05) is 32.0 Å². The van der Waals surface area contributed by atoms with Crippen molar-refractivity contribution in [2.75, 3.05) is 11.9 Å². The molecular weight excluding hydrogens is 296 g/mol. The first-order valence-corrected chi connectivity index (χ1v) is 7.30. The monoisotopic (exact) mass is 310 g/mol. The fourth-order valence-corrected chi connectivity index (χ4v) is 2.57. The molecule has 1 aromatic heterocycles. The number of rotatable bonds is 5. The molecule has 0 aliphatic heterocycles. The van der Waals surface area contributed by atoms with E-state index in [2.05, 4.69) is 10.3 Å². The van der Waals surface area contributed by atoms with E-state index in [-0.39, 0.29) is 12.5 Å². The van der Waals surface area contributed by atoms with Gasteiger partial charge in [-0.2, -0.15) is 0 Å². The number of aryl methyl sites for hydroxylation is 2. The molecule has 1 heterocycles. The van der Waals surface area contributed by atoms with Gasteiger partial charge in [-0.15, -0.1) is 11.3 Å². The standard InChI is InChI=1S/C14H15ClN2O2S/c1-9-10(2)20-14(16-9)17-13(18)8-19-7-11-5-3-4-6-12(11)15/h3-6H,7-8H2,1-2H3,(H,16,17,18). The van der Waals surface area contributed by atoms with Gasteiger partial charge in [-0.05, 0) is 25.5 Å². The molecule has 1 N–H and O–H groups in total. The van der Waals surface area contributed by atoms with Crippen molar-refractivity contribution in [3.05, 3.63) is 45.4 Å². The minimum atomic E-state index is -0.217. The molecule has 0 bridgehead atoms. The minimum absolute atomic E-state index is 0.0249. The number of hydrogen-bond donors (Lipinski definition) is 1. The van der Waals surface area contributed by atoms with Crippen molar-refractivity contribution in [2.45, 2.75) is 20.5 Å². The zero-order chi connectivity index (χ0) is 14.5. The van der Waals surface area contributed by atoms with Crippen LogP contribution >= 0.6 is 22.9 Å². The van der Waals surface area contributed by atoms with Crippen LogP contribution in [0.5, 0.6) is 0 Å². The Bertz CT molecular complexity index is 593. The molecule has 0 spiro atoms. The number of aromatic nitrogens is 1. The highest BCUT2D eigenvalue weighted by Gasteiger charge is 2.08. The third-order valence-corrected chi connectivity index (χ3v) is 4.08. The van der Waals surface area contributed by atoms with Crippen molar-refractivity contribution in [1.82, 2.24) is 4.98 Å². The SMILES string of the molecule is Cc1nc(NC(=O)COCc2ccccc2Cl)sc1C. The van der Waals surface area contributed by atoms with Crippen LogP contribution in [-0.2, 0) is 16.1 Å². The first-order valence-electron chi connectivity index (χ1n) is 6.11. The lowest BCUT2D eigenvalue weighted by molar-refractivity contribution is -0.121. The minimum Gasteiger partial charge on any atom is -0.367 e. The maximum absolute atomic E-state index is 11.7. The topological polar surface area (TPSA) is 51.2 Å². The van der Waals surface area contributed by atoms with E-state index in [0.717, 1.165) is 16.1 Å². The smallest absolute Gasteiger partial charge is 0.252 e. The second-order valence-corrected chi connectivity index (χ2v) is 5.90. The molecule has 6 heteroatoms. The number of ether oxygens (including phenoxy) is 1. The number of carbonyl (C=O) groups excluding carboxylic acids is 1. The summed E-state index contributed by atoms with van der Waals surface area (Å²) in [6, 6.07) is 7.40. The number of amides is 1. The zero-order valence-corrected chi connectivity index (χ0v) is 12.8. The third-order valence-electron chi connectivity index (χ3n) is 2.72. The summed E-state index contributed by atoms with van der Waals surface area (Å²) >= 11 is 7.46. The Hall–Kier alpha value is -1.43. The molecule has 0 aliphatic rings. The lowest BCUT2D eigenvalue weighted by Crippen LogP contribution is -2.18. The van der Waals surface area contributed by atoms with Gasteiger partial charge in [-0.1, -0.05) is 29.8 Å². The summed E-state index contributed by atoms with van der Waals surface area (Å²) in [5.41, 5.74) is 1.80. The summed E-state index contributed by atoms with van der Waals surface area (Å²) in [6.07, 6.45) is 0. The molecule has 1 amide bonds. The summed E-state index contributed by atoms with van der Waals surface area (Å²) in [6.45, 7) is 4.16. The Labute approximate surface area is 126 Å². The Morgan fingerprint density at radius 1 is 1.40 bits per heavy atom. The Balaban J connectivity index is 1.80. The van der Waals surface area contributed by atoms with Gasteiger partial charge in [-0.3, -0.25) is 10.1 Å². The summed E-state index contributed by atoms with van der Waals surface area (Å²) in [4.78, 5) is 17.0. The Morgan fingerprint density at radius 2 is 2.15 bits per heavy atom. The third kappa shape index (κ3) is 4.03. The van der Waals surface area contributed by atoms with E-state index < -0.39 is 0 Å². The van der Waals surface area contributed by atoms with Crippen molar-refractivity contribution < 1.29 is 9.53 Å². The molecular formula is C14H15ClN2O2S. The number of halogens is 1. The van der Waals surface area contributed by atoms with Gasteiger partial charge in [0.15, 0.2) is 5.13 Å². The van der Waals surface area contributed by atoms with Gasteiger partial charge in [0, 0.05) is 9.90 Å². The van der Waals surface area contributed by atoms with E-state index in [1.54, 1.807) is 6.07 Å². The molecule has 2 rings (SSSR count). The number of nitrogens with one attached hydrogen (secondary N) is 1. The van der Waals surface area contributed by atoms with Crippen LogP contribution in [0.15, 0.2) is 24.3 Å². The lowest BCUT2D eigenvalue weighted by Gasteiger charge is -2.05. The number of benzene rings is 1. The van der Waals surface area contributed by atoms with Crippen molar-refractivity contribution >= 4 is 34.0 Å². The van der Waals surface area contributed by atoms with E-state index in [4.69, 9.17) is 16.3 Å². The van der Waals surface area contributed by atoms with Gasteiger partial charge in [0.2, 0.25) is 0 Å². The van der Waals surface area contributed by atoms with Gasteiger partial charge < -0.3 is 4.74 Å². The molecule has 4 nitrogen and oxygen atoms in total. The summed E-state index contributed by atoms with van der Waals surface area (Å²) < 4.78 is 5.35. The van der Waals surface area contributed by atoms with Crippen molar-refractivity contribution in [1.29, 1.82) is 0 Å². The molecule has 106 valence electrons. The number of nitrogens with zero attached hydrogens (tertiary/aromatic N) is 1. The van der Waals surface area contributed by atoms with Crippen LogP contribution in [0.2, 0.25) is 5.02 Å². The van der Waals surface area contributed by atoms with Gasteiger partial charge in [0.1, 0.15) is 6.61 Å². The summed E-state index contributed by atoms with van der Waals surface area (Å²) in [5, 5.41) is 3.96. The van der Waals surface area contributed by atoms with E-state index in [1.165, 1.54) is 11.3 Å². The molecule has 0 fully saturated rings. The van der Waals surface area contributed by atoms with Crippen LogP contribution in [-0.4, -0.2) is 17.5 Å². The second kappa shape index (κ2) is 6.83. The molecule has 0 unspecified atom stereocenters. The highest BCUT2D eigenvalue weighted by atomic mass is 35.5. The van der Waals surface area contributed by atoms with Crippen LogP contribution in [0.3, 0.4) is 0 Å². The number of carbonyl (C=O) groups is 1.